The summed E-state index contributed by atoms with van der Waals surface area (Å²) < 4.78 is 75.7. The van der Waals surface area contributed by atoms with Crippen LogP contribution in [-0.2, 0) is 27.4 Å². The van der Waals surface area contributed by atoms with E-state index in [0.717, 1.165) is 0 Å². The van der Waals surface area contributed by atoms with Crippen molar-refractivity contribution in [1.82, 2.24) is 9.89 Å². The molecule has 154 valence electrons. The summed E-state index contributed by atoms with van der Waals surface area (Å²) in [5.41, 5.74) is 3.57. The Kier molecular flexibility index (Phi) is 6.16. The summed E-state index contributed by atoms with van der Waals surface area (Å²) in [7, 11) is -4.34. The summed E-state index contributed by atoms with van der Waals surface area (Å²) in [6.45, 7) is 0. The van der Waals surface area contributed by atoms with Crippen molar-refractivity contribution >= 4 is 62.2 Å². The fourth-order valence-electron chi connectivity index (χ4n) is 2.25. The Bertz CT molecular complexity index is 1020. The second-order valence-corrected chi connectivity index (χ2v) is 9.30. The van der Waals surface area contributed by atoms with Crippen molar-refractivity contribution in [2.45, 2.75) is 11.1 Å². The highest BCUT2D eigenvalue weighted by atomic mass is 35.5. The molecule has 1 aromatic heterocycles. The number of hydrogen-bond acceptors (Lipinski definition) is 6. The molecule has 0 saturated heterocycles. The van der Waals surface area contributed by atoms with Crippen LogP contribution in [0.5, 0.6) is 0 Å². The molecule has 0 amide bonds. The van der Waals surface area contributed by atoms with Crippen molar-refractivity contribution in [3.8, 4) is 0 Å². The van der Waals surface area contributed by atoms with Crippen LogP contribution in [0.4, 0.5) is 24.7 Å². The second-order valence-electron chi connectivity index (χ2n) is 5.35. The van der Waals surface area contributed by atoms with Crippen molar-refractivity contribution in [3.63, 3.8) is 0 Å². The number of nitrogen functional groups attached to an aromatic ring is 1. The largest absolute Gasteiger partial charge is 0.611 e. The lowest BCUT2D eigenvalue weighted by Gasteiger charge is -2.25. The number of carbonyl (C=O) groups excluding carboxylic acids is 1. The van der Waals surface area contributed by atoms with Gasteiger partial charge in [-0.1, -0.05) is 23.2 Å². The number of alkyl halides is 3. The Morgan fingerprint density at radius 2 is 1.82 bits per heavy atom. The molecule has 1 aromatic carbocycles. The standard InChI is InChI=1S/C13H11Cl2F3N4O4S2/c1-27(24)11-9(5-23)20-21(12(11)19)22(28(2,25)26)10-7(14)3-6(4-8(10)15)13(16,17)18/h3-5H,19H2,1-2H3. The maximum Gasteiger partial charge on any atom is 0.416 e. The predicted molar refractivity (Wildman–Crippen MR) is 98.5 cm³/mol. The lowest BCUT2D eigenvalue weighted by atomic mass is 10.2. The SMILES string of the molecule is C[S+]([O-])c1c(C=O)nn(N(c2c(Cl)cc(C(F)(F)F)cc2Cl)S(C)(=O)=O)c1N. The number of anilines is 2. The van der Waals surface area contributed by atoms with Crippen LogP contribution >= 0.6 is 23.2 Å². The number of benzene rings is 1. The zero-order chi connectivity index (χ0) is 21.6. The van der Waals surface area contributed by atoms with E-state index in [4.69, 9.17) is 28.9 Å². The Balaban J connectivity index is 2.85. The van der Waals surface area contributed by atoms with E-state index in [-0.39, 0.29) is 11.2 Å². The van der Waals surface area contributed by atoms with E-state index in [1.54, 1.807) is 0 Å². The van der Waals surface area contributed by atoms with E-state index in [0.29, 0.717) is 27.6 Å². The monoisotopic (exact) mass is 478 g/mol. The first-order valence-electron chi connectivity index (χ1n) is 6.94. The summed E-state index contributed by atoms with van der Waals surface area (Å²) in [5.74, 6) is -0.500. The molecule has 2 rings (SSSR count). The first kappa shape index (κ1) is 22.6. The van der Waals surface area contributed by atoms with Crippen molar-refractivity contribution in [2.24, 2.45) is 0 Å². The van der Waals surface area contributed by atoms with Crippen LogP contribution in [0.1, 0.15) is 16.1 Å². The van der Waals surface area contributed by atoms with E-state index in [2.05, 4.69) is 5.10 Å². The van der Waals surface area contributed by atoms with Crippen molar-refractivity contribution < 1.29 is 30.9 Å². The topological polar surface area (TPSA) is 121 Å². The number of nitrogens with two attached hydrogens (primary N) is 1. The molecule has 0 aliphatic rings. The Morgan fingerprint density at radius 1 is 1.32 bits per heavy atom. The number of nitrogens with zero attached hydrogens (tertiary/aromatic N) is 3. The van der Waals surface area contributed by atoms with Crippen molar-refractivity contribution in [2.75, 3.05) is 22.7 Å². The van der Waals surface area contributed by atoms with Gasteiger partial charge >= 0.3 is 6.18 Å². The average molecular weight is 479 g/mol. The Labute approximate surface area is 170 Å². The van der Waals surface area contributed by atoms with Gasteiger partial charge in [0, 0.05) is 0 Å². The van der Waals surface area contributed by atoms with Gasteiger partial charge < -0.3 is 10.3 Å². The molecule has 1 heterocycles. The third-order valence-electron chi connectivity index (χ3n) is 3.30. The van der Waals surface area contributed by atoms with Gasteiger partial charge in [0.25, 0.3) is 10.0 Å². The number of hydrogen-bond donors (Lipinski definition) is 1. The molecule has 0 fully saturated rings. The van der Waals surface area contributed by atoms with Crippen LogP contribution in [0.15, 0.2) is 17.0 Å². The van der Waals surface area contributed by atoms with Gasteiger partial charge in [-0.2, -0.15) is 17.6 Å². The summed E-state index contributed by atoms with van der Waals surface area (Å²) >= 11 is 9.94. The lowest BCUT2D eigenvalue weighted by molar-refractivity contribution is -0.137. The highest BCUT2D eigenvalue weighted by molar-refractivity contribution is 7.92. The van der Waals surface area contributed by atoms with Gasteiger partial charge in [0.1, 0.15) is 11.9 Å². The molecule has 2 N–H and O–H groups in total. The Hall–Kier alpha value is -1.67. The fourth-order valence-corrected chi connectivity index (χ4v) is 4.69. The zero-order valence-electron chi connectivity index (χ0n) is 14.0. The molecule has 28 heavy (non-hydrogen) atoms. The number of aldehydes is 1. The molecular formula is C13H11Cl2F3N4O4S2. The average Bonchev–Trinajstić information content (AvgIpc) is 2.84. The van der Waals surface area contributed by atoms with Gasteiger partial charge in [0.2, 0.25) is 10.7 Å². The van der Waals surface area contributed by atoms with Crippen LogP contribution in [0.2, 0.25) is 10.0 Å². The number of halogens is 5. The molecule has 1 unspecified atom stereocenters. The third-order valence-corrected chi connectivity index (χ3v) is 5.84. The molecule has 1 atom stereocenters. The van der Waals surface area contributed by atoms with Crippen LogP contribution in [0.3, 0.4) is 0 Å². The second kappa shape index (κ2) is 7.63. The van der Waals surface area contributed by atoms with E-state index in [1.807, 2.05) is 0 Å². The Morgan fingerprint density at radius 3 is 2.14 bits per heavy atom. The molecule has 0 bridgehead atoms. The van der Waals surface area contributed by atoms with E-state index in [9.17, 15) is 30.9 Å². The van der Waals surface area contributed by atoms with Crippen LogP contribution in [-0.4, -0.2) is 41.7 Å². The van der Waals surface area contributed by atoms with Crippen LogP contribution in [0, 0.1) is 0 Å². The maximum absolute atomic E-state index is 12.9. The lowest BCUT2D eigenvalue weighted by Crippen LogP contribution is -2.37. The smallest absolute Gasteiger partial charge is 0.416 e. The first-order valence-corrected chi connectivity index (χ1v) is 11.1. The van der Waals surface area contributed by atoms with Crippen molar-refractivity contribution in [1.29, 1.82) is 0 Å². The fraction of sp³-hybridized carbons (Fsp3) is 0.231. The van der Waals surface area contributed by atoms with Crippen molar-refractivity contribution in [3.05, 3.63) is 33.4 Å². The number of rotatable bonds is 5. The molecule has 0 saturated carbocycles. The molecule has 0 aliphatic heterocycles. The van der Waals surface area contributed by atoms with Crippen LogP contribution in [0.25, 0.3) is 0 Å². The van der Waals surface area contributed by atoms with Gasteiger partial charge in [0.15, 0.2) is 12.0 Å². The van der Waals surface area contributed by atoms with Gasteiger partial charge in [-0.25, -0.2) is 8.42 Å². The van der Waals surface area contributed by atoms with Gasteiger partial charge in [-0.3, -0.25) is 4.79 Å². The minimum Gasteiger partial charge on any atom is -0.611 e. The normalized spacial score (nSPS) is 13.4. The molecule has 2 aromatic rings. The predicted octanol–water partition coefficient (Wildman–Crippen LogP) is 2.57. The van der Waals surface area contributed by atoms with E-state index < -0.39 is 60.2 Å². The molecule has 0 radical (unpaired) electrons. The zero-order valence-corrected chi connectivity index (χ0v) is 17.1. The highest BCUT2D eigenvalue weighted by Crippen LogP contribution is 2.42. The molecule has 0 aliphatic carbocycles. The minimum atomic E-state index is -4.79. The number of aromatic nitrogens is 2. The number of carbonyl (C=O) groups is 1. The highest BCUT2D eigenvalue weighted by Gasteiger charge is 2.36. The first-order chi connectivity index (χ1) is 12.7. The quantitative estimate of drug-likeness (QED) is 0.520. The molecule has 0 spiro atoms. The summed E-state index contributed by atoms with van der Waals surface area (Å²) in [5, 5.41) is 2.34. The van der Waals surface area contributed by atoms with Crippen LogP contribution < -0.4 is 10.1 Å². The summed E-state index contributed by atoms with van der Waals surface area (Å²) in [6, 6.07) is 0.945. The molecule has 15 heteroatoms. The summed E-state index contributed by atoms with van der Waals surface area (Å²) in [4.78, 5) is 11.4. The maximum atomic E-state index is 12.9. The van der Waals surface area contributed by atoms with E-state index >= 15 is 0 Å². The van der Waals surface area contributed by atoms with Gasteiger partial charge in [0.05, 0.1) is 21.9 Å². The summed E-state index contributed by atoms with van der Waals surface area (Å²) in [6.07, 6.45) is -2.74. The third kappa shape index (κ3) is 4.17. The number of sulfonamides is 1. The van der Waals surface area contributed by atoms with Gasteiger partial charge in [-0.05, 0) is 23.3 Å². The minimum absolute atomic E-state index is 0.194. The van der Waals surface area contributed by atoms with Gasteiger partial charge in [-0.15, -0.1) is 9.89 Å². The van der Waals surface area contributed by atoms with E-state index in [1.165, 1.54) is 6.26 Å². The molecule has 8 nitrogen and oxygen atoms in total. The molecular weight excluding hydrogens is 468 g/mol.